The molecule has 4 aromatic carbocycles. The second kappa shape index (κ2) is 16.5. The Bertz CT molecular complexity index is 2150. The van der Waals surface area contributed by atoms with Crippen molar-refractivity contribution in [3.05, 3.63) is 79.4 Å². The first-order chi connectivity index (χ1) is 28.5. The third-order valence-electron chi connectivity index (χ3n) is 12.2. The van der Waals surface area contributed by atoms with E-state index in [1.165, 1.54) is 0 Å². The molecule has 4 aromatic rings. The van der Waals surface area contributed by atoms with Crippen LogP contribution in [0, 0.1) is 0 Å². The molecular formula is C56H76CrN2O6. The molecule has 0 N–H and O–H groups in total. The fourth-order valence-electron chi connectivity index (χ4n) is 8.24. The molecule has 0 saturated heterocycles. The molecule has 0 amide bonds. The summed E-state index contributed by atoms with van der Waals surface area (Å²) in [6.07, 6.45) is 0. The Balaban J connectivity index is 0.000000280. The minimum absolute atomic E-state index is 0. The van der Waals surface area contributed by atoms with Gasteiger partial charge in [-0.1, -0.05) is 235 Å². The smallest absolute Gasteiger partial charge is 0.873 e. The van der Waals surface area contributed by atoms with E-state index in [0.717, 1.165) is 22.3 Å². The van der Waals surface area contributed by atoms with Crippen LogP contribution in [-0.4, -0.2) is 0 Å². The fraction of sp³-hybridized carbons (Fsp3) is 0.571. The normalized spacial score (nSPS) is 14.2. The molecule has 0 fully saturated rings. The number of ether oxygens (including phenoxy) is 2. The number of hydrogen-bond acceptors (Lipinski definition) is 6. The van der Waals surface area contributed by atoms with Crippen molar-refractivity contribution in [3.63, 3.8) is 0 Å². The minimum Gasteiger partial charge on any atom is -0.873 e. The molecule has 0 atom stereocenters. The molecule has 0 saturated carbocycles. The zero-order valence-corrected chi connectivity index (χ0v) is 45.3. The Morgan fingerprint density at radius 1 is 0.277 bits per heavy atom. The summed E-state index contributed by atoms with van der Waals surface area (Å²) >= 11 is 0. The molecule has 2 aliphatic rings. The molecule has 9 heteroatoms. The maximum Gasteiger partial charge on any atom is 6.00 e. The Hall–Kier alpha value is -4.19. The maximum absolute atomic E-state index is 13.5. The maximum atomic E-state index is 13.5. The zero-order valence-electron chi connectivity index (χ0n) is 44.1. The Morgan fingerprint density at radius 2 is 0.415 bits per heavy atom. The van der Waals surface area contributed by atoms with Crippen LogP contribution in [0.15, 0.2) is 24.3 Å². The summed E-state index contributed by atoms with van der Waals surface area (Å²) in [6, 6.07) is 7.89. The van der Waals surface area contributed by atoms with E-state index in [1.807, 2.05) is 107 Å². The topological polar surface area (TPSA) is 139 Å². The van der Waals surface area contributed by atoms with Crippen molar-refractivity contribution in [3.8, 4) is 46.0 Å². The van der Waals surface area contributed by atoms with E-state index in [0.29, 0.717) is 45.3 Å². The molecule has 0 spiro atoms. The number of hydrogen-bond donors (Lipinski definition) is 0. The predicted molar refractivity (Wildman–Crippen MR) is 259 cm³/mol. The second-order valence-electron chi connectivity index (χ2n) is 26.3. The van der Waals surface area contributed by atoms with Gasteiger partial charge in [-0.2, -0.15) is 0 Å². The summed E-state index contributed by atoms with van der Waals surface area (Å²) in [5, 5.41) is 63.7. The molecular weight excluding hydrogens is 849 g/mol. The van der Waals surface area contributed by atoms with Crippen LogP contribution in [0.5, 0.6) is 46.0 Å². The first kappa shape index (κ1) is 53.4. The third kappa shape index (κ3) is 10.2. The second-order valence-corrected chi connectivity index (χ2v) is 26.3. The van der Waals surface area contributed by atoms with E-state index < -0.39 is 0 Å². The van der Waals surface area contributed by atoms with Gasteiger partial charge in [0.05, 0.1) is 0 Å². The van der Waals surface area contributed by atoms with E-state index in [-0.39, 0.29) is 106 Å². The quantitative estimate of drug-likeness (QED) is 0.149. The van der Waals surface area contributed by atoms with Gasteiger partial charge in [-0.15, -0.1) is 23.0 Å². The van der Waals surface area contributed by atoms with E-state index in [9.17, 15) is 20.4 Å². The van der Waals surface area contributed by atoms with Crippen molar-refractivity contribution in [2.75, 3.05) is 0 Å². The van der Waals surface area contributed by atoms with Gasteiger partial charge >= 0.3 is 17.4 Å². The largest absolute Gasteiger partial charge is 6.00 e. The van der Waals surface area contributed by atoms with Gasteiger partial charge < -0.3 is 40.5 Å². The number of rotatable bonds is 0. The Kier molecular flexibility index (Phi) is 13.6. The molecule has 0 bridgehead atoms. The molecule has 0 radical (unpaired) electrons. The SMILES string of the molecule is CC(C)(C)c1cc(C(C)(C)C)c2c(c1[O-])[N-]c1c([O-])c(C(C)(C)C)cc(C(C)(C)C)c1O2.CC(C)(C)c1cc(C(C)(C)C)c2c(c1[O-])[N-]c1c([O-])c(C(C)(C)C)cc(C(C)(C)C)c1O2.[Cr+6]. The van der Waals surface area contributed by atoms with Gasteiger partial charge in [0.2, 0.25) is 0 Å². The van der Waals surface area contributed by atoms with Gasteiger partial charge in [0.1, 0.15) is 23.0 Å². The van der Waals surface area contributed by atoms with Gasteiger partial charge in [-0.25, -0.2) is 0 Å². The molecule has 6 rings (SSSR count). The number of nitrogens with zero attached hydrogens (tertiary/aromatic N) is 2. The van der Waals surface area contributed by atoms with Gasteiger partial charge in [0.25, 0.3) is 0 Å². The predicted octanol–water partition coefficient (Wildman–Crippen LogP) is 14.9. The fourth-order valence-corrected chi connectivity index (χ4v) is 8.24. The number of fused-ring (bicyclic) bond motifs is 4. The van der Waals surface area contributed by atoms with E-state index in [2.05, 4.69) is 83.1 Å². The van der Waals surface area contributed by atoms with Crippen molar-refractivity contribution >= 4 is 22.7 Å². The summed E-state index contributed by atoms with van der Waals surface area (Å²) in [7, 11) is 0. The molecule has 352 valence electrons. The van der Waals surface area contributed by atoms with Crippen LogP contribution in [0.3, 0.4) is 0 Å². The van der Waals surface area contributed by atoms with Crippen LogP contribution in [0.1, 0.15) is 211 Å². The van der Waals surface area contributed by atoms with Crippen LogP contribution in [0.4, 0.5) is 22.7 Å². The van der Waals surface area contributed by atoms with Crippen molar-refractivity contribution in [2.24, 2.45) is 0 Å². The van der Waals surface area contributed by atoms with Crippen LogP contribution in [0.2, 0.25) is 0 Å². The third-order valence-corrected chi connectivity index (χ3v) is 12.2. The van der Waals surface area contributed by atoms with Crippen LogP contribution >= 0.6 is 0 Å². The van der Waals surface area contributed by atoms with Crippen molar-refractivity contribution in [2.45, 2.75) is 209 Å². The van der Waals surface area contributed by atoms with E-state index >= 15 is 0 Å². The van der Waals surface area contributed by atoms with Crippen molar-refractivity contribution < 1.29 is 47.3 Å². The summed E-state index contributed by atoms with van der Waals surface area (Å²) in [6.45, 7) is 49.5. The molecule has 65 heavy (non-hydrogen) atoms. The molecule has 8 nitrogen and oxygen atoms in total. The molecule has 0 aromatic heterocycles. The van der Waals surface area contributed by atoms with Crippen LogP contribution in [0.25, 0.3) is 10.6 Å². The molecule has 0 aliphatic carbocycles. The van der Waals surface area contributed by atoms with E-state index in [1.54, 1.807) is 0 Å². The first-order valence-electron chi connectivity index (χ1n) is 22.8. The van der Waals surface area contributed by atoms with Gasteiger partial charge in [0.15, 0.2) is 0 Å². The standard InChI is InChI=1S/2C28H40NO3.Cr/c2*1-25(2,3)15-13-17(27(7,8)9)23-19(21(15)30)29-20-22(31)16(26(4,5)6)14-18(24(20)32-23)28(10,11)12;/h2*13-14,30-31H,1-12H3;/q2*-1;+6/p-4. The summed E-state index contributed by atoms with van der Waals surface area (Å²) in [5.74, 6) is 1.28. The van der Waals surface area contributed by atoms with Crippen LogP contribution in [-0.2, 0) is 60.7 Å². The van der Waals surface area contributed by atoms with E-state index in [4.69, 9.17) is 20.1 Å². The summed E-state index contributed by atoms with van der Waals surface area (Å²) in [4.78, 5) is 0. The van der Waals surface area contributed by atoms with Crippen molar-refractivity contribution in [1.29, 1.82) is 0 Å². The first-order valence-corrected chi connectivity index (χ1v) is 22.8. The minimum atomic E-state index is -0.355. The zero-order chi connectivity index (χ0) is 49.2. The Labute approximate surface area is 403 Å². The van der Waals surface area contributed by atoms with Crippen molar-refractivity contribution in [1.82, 2.24) is 0 Å². The average molecular weight is 925 g/mol. The van der Waals surface area contributed by atoms with Crippen LogP contribution < -0.4 is 29.9 Å². The average Bonchev–Trinajstić information content (AvgIpc) is 3.07. The van der Waals surface area contributed by atoms with Gasteiger partial charge in [-0.3, -0.25) is 0 Å². The summed E-state index contributed by atoms with van der Waals surface area (Å²) in [5.41, 5.74) is 4.98. The number of benzene rings is 4. The molecule has 2 aliphatic heterocycles. The van der Waals surface area contributed by atoms with Gasteiger partial charge in [-0.05, 0) is 65.6 Å². The monoisotopic (exact) mass is 925 g/mol. The molecule has 0 unspecified atom stereocenters. The van der Waals surface area contributed by atoms with Gasteiger partial charge in [0, 0.05) is 0 Å². The Morgan fingerprint density at radius 3 is 0.538 bits per heavy atom. The summed E-state index contributed by atoms with van der Waals surface area (Å²) < 4.78 is 13.0. The molecule has 2 heterocycles.